The maximum atomic E-state index is 11.4. The number of carbonyl (C=O) groups excluding carboxylic acids is 1. The molecule has 41 heavy (non-hydrogen) atoms. The van der Waals surface area contributed by atoms with E-state index in [2.05, 4.69) is 77.3 Å². The molecule has 1 aliphatic carbocycles. The summed E-state index contributed by atoms with van der Waals surface area (Å²) in [7, 11) is 6.78. The Morgan fingerprint density at radius 3 is 2.54 bits per heavy atom. The summed E-state index contributed by atoms with van der Waals surface area (Å²) in [5, 5.41) is 6.31. The van der Waals surface area contributed by atoms with Crippen molar-refractivity contribution in [3.05, 3.63) is 58.3 Å². The minimum absolute atomic E-state index is 0. The quantitative estimate of drug-likeness (QED) is 0.120. The number of amides is 1. The molecule has 1 fully saturated rings. The van der Waals surface area contributed by atoms with Crippen molar-refractivity contribution < 1.29 is 20.0 Å². The minimum Gasteiger partial charge on any atom is -0.359 e. The van der Waals surface area contributed by atoms with Gasteiger partial charge in [-0.1, -0.05) is 57.4 Å². The van der Waals surface area contributed by atoms with Crippen LogP contribution >= 0.6 is 0 Å². The third-order valence-electron chi connectivity index (χ3n) is 7.28. The molecule has 7 nitrogen and oxygen atoms in total. The number of nitrogens with one attached hydrogen (secondary N) is 2. The maximum Gasteiger partial charge on any atom is 0.219 e. The number of aromatic nitrogens is 1. The van der Waals surface area contributed by atoms with Gasteiger partial charge in [0.05, 0.1) is 5.69 Å². The number of carbonyl (C=O) groups is 1. The van der Waals surface area contributed by atoms with E-state index in [0.29, 0.717) is 13.2 Å². The van der Waals surface area contributed by atoms with Gasteiger partial charge >= 0.3 is 0 Å². The summed E-state index contributed by atoms with van der Waals surface area (Å²) in [6, 6.07) is 8.45. The first-order valence-corrected chi connectivity index (χ1v) is 15.1. The summed E-state index contributed by atoms with van der Waals surface area (Å²) in [5.74, 6) is 1.92. The summed E-state index contributed by atoms with van der Waals surface area (Å²) in [6.07, 6.45) is 14.6. The van der Waals surface area contributed by atoms with Crippen LogP contribution in [-0.4, -0.2) is 51.7 Å². The van der Waals surface area contributed by atoms with Gasteiger partial charge in [0.2, 0.25) is 5.91 Å². The van der Waals surface area contributed by atoms with E-state index in [4.69, 9.17) is 9.98 Å². The van der Waals surface area contributed by atoms with Gasteiger partial charge in [0.1, 0.15) is 12.6 Å². The second-order valence-corrected chi connectivity index (χ2v) is 10.6. The Morgan fingerprint density at radius 1 is 1.20 bits per heavy atom. The van der Waals surface area contributed by atoms with Crippen LogP contribution in [0.15, 0.2) is 35.3 Å². The molecule has 1 amide bonds. The number of aryl methyl sites for hydroxylation is 1. The third-order valence-corrected chi connectivity index (χ3v) is 7.28. The average molecular weight is 573 g/mol. The number of unbranched alkanes of at least 4 members (excludes halogenated alkanes) is 1. The van der Waals surface area contributed by atoms with E-state index in [-0.39, 0.29) is 11.6 Å². The predicted molar refractivity (Wildman–Crippen MR) is 181 cm³/mol. The topological polar surface area (TPSA) is 84.8 Å². The highest BCUT2D eigenvalue weighted by Gasteiger charge is 2.24. The fourth-order valence-corrected chi connectivity index (χ4v) is 4.90. The van der Waals surface area contributed by atoms with E-state index in [1.807, 2.05) is 7.05 Å². The van der Waals surface area contributed by atoms with Gasteiger partial charge in [-0.15, -0.1) is 0 Å². The predicted octanol–water partition coefficient (Wildman–Crippen LogP) is 8.41. The number of benzene rings is 1. The van der Waals surface area contributed by atoms with Gasteiger partial charge in [0.25, 0.3) is 0 Å². The first-order valence-electron chi connectivity index (χ1n) is 15.1. The Kier molecular flexibility index (Phi) is 16.0. The van der Waals surface area contributed by atoms with E-state index in [1.165, 1.54) is 47.4 Å². The van der Waals surface area contributed by atoms with Crippen molar-refractivity contribution in [3.8, 4) is 0 Å². The molecular formula is C34H60N4O3. The number of pyridine rings is 1. The normalized spacial score (nSPS) is 13.2. The van der Waals surface area contributed by atoms with Crippen LogP contribution in [0, 0.1) is 12.8 Å². The van der Waals surface area contributed by atoms with E-state index < -0.39 is 0 Å². The van der Waals surface area contributed by atoms with Crippen LogP contribution in [0.3, 0.4) is 0 Å². The summed E-state index contributed by atoms with van der Waals surface area (Å²) in [5.41, 5.74) is 8.48. The Labute approximate surface area is 254 Å². The van der Waals surface area contributed by atoms with Crippen LogP contribution in [-0.2, 0) is 27.1 Å². The molecule has 2 aromatic rings. The van der Waals surface area contributed by atoms with Crippen molar-refractivity contribution in [1.29, 1.82) is 0 Å². The molecular weight excluding hydrogens is 512 g/mol. The molecule has 0 saturated heterocycles. The van der Waals surface area contributed by atoms with Crippen molar-refractivity contribution in [1.82, 2.24) is 10.3 Å². The monoisotopic (exact) mass is 572 g/mol. The molecule has 3 rings (SSSR count). The minimum atomic E-state index is 0. The molecule has 7 heteroatoms. The Morgan fingerprint density at radius 2 is 1.95 bits per heavy atom. The van der Waals surface area contributed by atoms with E-state index in [9.17, 15) is 4.79 Å². The lowest BCUT2D eigenvalue weighted by Crippen LogP contribution is -2.16. The number of methoxy groups -OCH3 is 2. The number of hydrogen-bond acceptors (Lipinski definition) is 6. The van der Waals surface area contributed by atoms with Crippen LogP contribution in [0.4, 0.5) is 11.5 Å². The molecule has 0 bridgehead atoms. The smallest absolute Gasteiger partial charge is 0.219 e. The van der Waals surface area contributed by atoms with E-state index >= 15 is 0 Å². The zero-order valence-electron chi connectivity index (χ0n) is 26.4. The lowest BCUT2D eigenvalue weighted by Gasteiger charge is -2.21. The Hall–Kier alpha value is -3.03. The first-order chi connectivity index (χ1) is 19.9. The summed E-state index contributed by atoms with van der Waals surface area (Å²) in [6.45, 7) is 7.05. The van der Waals surface area contributed by atoms with E-state index in [1.54, 1.807) is 21.3 Å². The van der Waals surface area contributed by atoms with Gasteiger partial charge in [0, 0.05) is 57.4 Å². The first kappa shape index (κ1) is 34.2. The van der Waals surface area contributed by atoms with Crippen LogP contribution in [0.25, 0.3) is 6.08 Å². The molecule has 0 atom stereocenters. The maximum absolute atomic E-state index is 11.4. The lowest BCUT2D eigenvalue weighted by atomic mass is 9.91. The third kappa shape index (κ3) is 11.8. The largest absolute Gasteiger partial charge is 0.359 e. The summed E-state index contributed by atoms with van der Waals surface area (Å²) >= 11 is 0. The highest BCUT2D eigenvalue weighted by Crippen LogP contribution is 2.35. The van der Waals surface area contributed by atoms with Crippen LogP contribution in [0.2, 0.25) is 0 Å². The molecule has 234 valence electrons. The van der Waals surface area contributed by atoms with Crippen LogP contribution in [0.5, 0.6) is 0 Å². The van der Waals surface area contributed by atoms with E-state index in [0.717, 1.165) is 61.5 Å². The van der Waals surface area contributed by atoms with Crippen LogP contribution in [0.1, 0.15) is 98.9 Å². The van der Waals surface area contributed by atoms with Crippen molar-refractivity contribution in [2.24, 2.45) is 10.9 Å². The average Bonchev–Trinajstić information content (AvgIpc) is 3.81. The molecule has 1 aromatic carbocycles. The molecule has 1 saturated carbocycles. The number of ether oxygens (including phenoxy) is 2. The van der Waals surface area contributed by atoms with Gasteiger partial charge < -0.3 is 20.1 Å². The number of anilines is 2. The lowest BCUT2D eigenvalue weighted by molar-refractivity contribution is -0.120. The van der Waals surface area contributed by atoms with Gasteiger partial charge in [-0.05, 0) is 80.2 Å². The van der Waals surface area contributed by atoms with Gasteiger partial charge in [-0.3, -0.25) is 9.79 Å². The molecule has 1 heterocycles. The van der Waals surface area contributed by atoms with Crippen molar-refractivity contribution >= 4 is 29.2 Å². The summed E-state index contributed by atoms with van der Waals surface area (Å²) < 4.78 is 8.94. The Bertz CT molecular complexity index is 1160. The highest BCUT2D eigenvalue weighted by molar-refractivity contribution is 6.03. The number of rotatable bonds is 16. The number of aliphatic imine (C=N–C) groups is 1. The van der Waals surface area contributed by atoms with Gasteiger partial charge in [0.15, 0.2) is 0 Å². The van der Waals surface area contributed by atoms with Gasteiger partial charge in [-0.25, -0.2) is 4.98 Å². The van der Waals surface area contributed by atoms with Crippen molar-refractivity contribution in [2.75, 3.05) is 40.4 Å². The zero-order valence-corrected chi connectivity index (χ0v) is 26.4. The Balaban J connectivity index is -0.00000182. The molecule has 0 radical (unpaired) electrons. The van der Waals surface area contributed by atoms with Crippen molar-refractivity contribution in [2.45, 2.75) is 85.0 Å². The van der Waals surface area contributed by atoms with Gasteiger partial charge in [-0.2, -0.15) is 0 Å². The standard InChI is InChI=1S/C31H44N4O.C3H8O2.4H2/c1-6-12-27(32-4)30-26(7-2)22(3)31(35-28(30)20-19-23-17-18-23)34-25-15-11-14-24(21-25)13-9-8-10-16-29(36)33-5;1-4-3-5-2;;;;/h9,11,13-15,21,23H,6-8,10,12,16-20H2,1-5H3,(H,33,36)(H,34,35);3H2,1-2H3;4*1H/b13-9-,32-27?;;;;;. The SMILES string of the molecule is CCCC(=NC)c1c(CCC2CC2)nc(Nc2cccc(/C=C\CCCC(=O)NC)c2)c(C)c1CC.COCOC.[HH].[HH].[HH].[HH]. The second-order valence-electron chi connectivity index (χ2n) is 10.6. The summed E-state index contributed by atoms with van der Waals surface area (Å²) in [4.78, 5) is 21.3. The van der Waals surface area contributed by atoms with Crippen LogP contribution < -0.4 is 10.6 Å². The molecule has 0 spiro atoms. The fraction of sp³-hybridized carbons (Fsp3) is 0.559. The zero-order chi connectivity index (χ0) is 30.0. The number of hydrogen-bond donors (Lipinski definition) is 2. The second kappa shape index (κ2) is 19.2. The molecule has 1 aromatic heterocycles. The fourth-order valence-electron chi connectivity index (χ4n) is 4.90. The van der Waals surface area contributed by atoms with Crippen molar-refractivity contribution in [3.63, 3.8) is 0 Å². The number of allylic oxidation sites excluding steroid dienone is 1. The number of nitrogens with zero attached hydrogens (tertiary/aromatic N) is 2. The highest BCUT2D eigenvalue weighted by atomic mass is 16.6. The molecule has 0 aliphatic heterocycles. The molecule has 2 N–H and O–H groups in total. The molecule has 0 unspecified atom stereocenters. The molecule has 1 aliphatic rings.